The zero-order chi connectivity index (χ0) is 15.2. The van der Waals surface area contributed by atoms with Crippen molar-refractivity contribution in [3.05, 3.63) is 47.5 Å². The van der Waals surface area contributed by atoms with Crippen molar-refractivity contribution in [1.29, 1.82) is 0 Å². The summed E-state index contributed by atoms with van der Waals surface area (Å²) in [5, 5.41) is 9.41. The fourth-order valence-corrected chi connectivity index (χ4v) is 1.86. The van der Waals surface area contributed by atoms with Gasteiger partial charge in [0.15, 0.2) is 5.75 Å². The van der Waals surface area contributed by atoms with Crippen molar-refractivity contribution >= 4 is 0 Å². The van der Waals surface area contributed by atoms with Gasteiger partial charge in [-0.2, -0.15) is 0 Å². The molecule has 0 atom stereocenters. The van der Waals surface area contributed by atoms with E-state index in [0.717, 1.165) is 11.3 Å². The van der Waals surface area contributed by atoms with Crippen molar-refractivity contribution in [2.75, 3.05) is 7.11 Å². The quantitative estimate of drug-likeness (QED) is 0.885. The molecule has 1 aromatic carbocycles. The summed E-state index contributed by atoms with van der Waals surface area (Å²) in [5.41, 5.74) is 1.49. The smallest absolute Gasteiger partial charge is 0.162 e. The zero-order valence-electron chi connectivity index (χ0n) is 12.5. The standard InChI is InChI=1S/C16H20N2O3/c1-11(2)16-17-8-15(14(9-19)18-16)21-10-12-5-4-6-13(7-12)20-3/h4-8,11,19H,9-10H2,1-3H3. The van der Waals surface area contributed by atoms with E-state index < -0.39 is 0 Å². The molecule has 2 aromatic rings. The van der Waals surface area contributed by atoms with Crippen molar-refractivity contribution in [1.82, 2.24) is 9.97 Å². The molecule has 0 spiro atoms. The molecule has 0 radical (unpaired) electrons. The van der Waals surface area contributed by atoms with E-state index in [1.54, 1.807) is 13.3 Å². The van der Waals surface area contributed by atoms with Crippen LogP contribution in [0.1, 0.15) is 36.8 Å². The Balaban J connectivity index is 2.12. The lowest BCUT2D eigenvalue weighted by molar-refractivity contribution is 0.251. The van der Waals surface area contributed by atoms with Crippen molar-refractivity contribution in [3.8, 4) is 11.5 Å². The minimum atomic E-state index is -0.171. The fraction of sp³-hybridized carbons (Fsp3) is 0.375. The highest BCUT2D eigenvalue weighted by atomic mass is 16.5. The van der Waals surface area contributed by atoms with Gasteiger partial charge in [0, 0.05) is 5.92 Å². The maximum absolute atomic E-state index is 9.41. The Bertz CT molecular complexity index is 600. The van der Waals surface area contributed by atoms with E-state index in [4.69, 9.17) is 9.47 Å². The summed E-state index contributed by atoms with van der Waals surface area (Å²) in [6.07, 6.45) is 1.62. The first-order valence-corrected chi connectivity index (χ1v) is 6.86. The van der Waals surface area contributed by atoms with Crippen LogP contribution in [0, 0.1) is 0 Å². The van der Waals surface area contributed by atoms with Crippen molar-refractivity contribution < 1.29 is 14.6 Å². The molecule has 2 rings (SSSR count). The summed E-state index contributed by atoms with van der Waals surface area (Å²) in [5.74, 6) is 2.20. The van der Waals surface area contributed by atoms with Crippen molar-refractivity contribution in [2.24, 2.45) is 0 Å². The molecule has 112 valence electrons. The highest BCUT2D eigenvalue weighted by molar-refractivity contribution is 5.29. The van der Waals surface area contributed by atoms with Gasteiger partial charge in [0.2, 0.25) is 0 Å². The lowest BCUT2D eigenvalue weighted by atomic mass is 10.2. The minimum Gasteiger partial charge on any atom is -0.497 e. The largest absolute Gasteiger partial charge is 0.497 e. The van der Waals surface area contributed by atoms with E-state index in [9.17, 15) is 5.11 Å². The SMILES string of the molecule is COc1cccc(COc2cnc(C(C)C)nc2CO)c1. The molecule has 1 aromatic heterocycles. The molecule has 0 aliphatic rings. The third kappa shape index (κ3) is 3.92. The molecule has 1 heterocycles. The van der Waals surface area contributed by atoms with Gasteiger partial charge in [-0.15, -0.1) is 0 Å². The first kappa shape index (κ1) is 15.3. The summed E-state index contributed by atoms with van der Waals surface area (Å²) in [6.45, 7) is 4.21. The molecule has 0 unspecified atom stereocenters. The molecule has 5 nitrogen and oxygen atoms in total. The van der Waals surface area contributed by atoms with Gasteiger partial charge in [-0.3, -0.25) is 0 Å². The van der Waals surface area contributed by atoms with Crippen LogP contribution in [0.3, 0.4) is 0 Å². The Morgan fingerprint density at radius 2 is 2.10 bits per heavy atom. The molecule has 0 fully saturated rings. The third-order valence-electron chi connectivity index (χ3n) is 3.04. The number of nitrogens with zero attached hydrogens (tertiary/aromatic N) is 2. The normalized spacial score (nSPS) is 10.7. The van der Waals surface area contributed by atoms with Crippen LogP contribution in [-0.2, 0) is 13.2 Å². The fourth-order valence-electron chi connectivity index (χ4n) is 1.86. The molecular formula is C16H20N2O3. The van der Waals surface area contributed by atoms with Crippen molar-refractivity contribution in [2.45, 2.75) is 33.0 Å². The number of methoxy groups -OCH3 is 1. The molecule has 5 heteroatoms. The van der Waals surface area contributed by atoms with Crippen LogP contribution in [0.5, 0.6) is 11.5 Å². The van der Waals surface area contributed by atoms with Gasteiger partial charge in [0.05, 0.1) is 19.9 Å². The lowest BCUT2D eigenvalue weighted by Crippen LogP contribution is -2.06. The van der Waals surface area contributed by atoms with E-state index in [2.05, 4.69) is 9.97 Å². The van der Waals surface area contributed by atoms with Gasteiger partial charge in [-0.1, -0.05) is 26.0 Å². The van der Waals surface area contributed by atoms with E-state index in [1.807, 2.05) is 38.1 Å². The van der Waals surface area contributed by atoms with Crippen molar-refractivity contribution in [3.63, 3.8) is 0 Å². The van der Waals surface area contributed by atoms with Crippen LogP contribution in [0.2, 0.25) is 0 Å². The molecule has 1 N–H and O–H groups in total. The number of ether oxygens (including phenoxy) is 2. The second-order valence-corrected chi connectivity index (χ2v) is 4.99. The molecule has 0 amide bonds. The summed E-state index contributed by atoms with van der Waals surface area (Å²) in [4.78, 5) is 8.59. The van der Waals surface area contributed by atoms with E-state index >= 15 is 0 Å². The topological polar surface area (TPSA) is 64.5 Å². The highest BCUT2D eigenvalue weighted by Crippen LogP contribution is 2.20. The number of aromatic nitrogens is 2. The second-order valence-electron chi connectivity index (χ2n) is 4.99. The lowest BCUT2D eigenvalue weighted by Gasteiger charge is -2.12. The van der Waals surface area contributed by atoms with Crippen LogP contribution >= 0.6 is 0 Å². The predicted molar refractivity (Wildman–Crippen MR) is 79.4 cm³/mol. The Morgan fingerprint density at radius 3 is 2.76 bits per heavy atom. The molecule has 0 aliphatic heterocycles. The van der Waals surface area contributed by atoms with Gasteiger partial charge >= 0.3 is 0 Å². The highest BCUT2D eigenvalue weighted by Gasteiger charge is 2.10. The Labute approximate surface area is 124 Å². The number of hydrogen-bond donors (Lipinski definition) is 1. The first-order valence-electron chi connectivity index (χ1n) is 6.86. The van der Waals surface area contributed by atoms with Gasteiger partial charge in [0.25, 0.3) is 0 Å². The van der Waals surface area contributed by atoms with Crippen LogP contribution in [0.15, 0.2) is 30.5 Å². The summed E-state index contributed by atoms with van der Waals surface area (Å²) < 4.78 is 10.9. The number of benzene rings is 1. The molecule has 0 aliphatic carbocycles. The molecule has 21 heavy (non-hydrogen) atoms. The van der Waals surface area contributed by atoms with E-state index in [-0.39, 0.29) is 12.5 Å². The summed E-state index contributed by atoms with van der Waals surface area (Å²) in [7, 11) is 1.63. The van der Waals surface area contributed by atoms with Crippen LogP contribution < -0.4 is 9.47 Å². The number of aliphatic hydroxyl groups excluding tert-OH is 1. The maximum Gasteiger partial charge on any atom is 0.162 e. The number of rotatable bonds is 6. The van der Waals surface area contributed by atoms with Crippen LogP contribution in [-0.4, -0.2) is 22.2 Å². The summed E-state index contributed by atoms with van der Waals surface area (Å²) >= 11 is 0. The van der Waals surface area contributed by atoms with Gasteiger partial charge < -0.3 is 14.6 Å². The Morgan fingerprint density at radius 1 is 1.29 bits per heavy atom. The van der Waals surface area contributed by atoms with Crippen LogP contribution in [0.25, 0.3) is 0 Å². The number of hydrogen-bond acceptors (Lipinski definition) is 5. The molecule has 0 saturated heterocycles. The Hall–Kier alpha value is -2.14. The van der Waals surface area contributed by atoms with Gasteiger partial charge in [-0.05, 0) is 17.7 Å². The van der Waals surface area contributed by atoms with Crippen LogP contribution in [0.4, 0.5) is 0 Å². The van der Waals surface area contributed by atoms with Gasteiger partial charge in [0.1, 0.15) is 23.9 Å². The zero-order valence-corrected chi connectivity index (χ0v) is 12.5. The van der Waals surface area contributed by atoms with E-state index in [0.29, 0.717) is 23.9 Å². The average molecular weight is 288 g/mol. The first-order chi connectivity index (χ1) is 10.1. The number of aliphatic hydroxyl groups is 1. The monoisotopic (exact) mass is 288 g/mol. The van der Waals surface area contributed by atoms with Gasteiger partial charge in [-0.25, -0.2) is 9.97 Å². The second kappa shape index (κ2) is 7.04. The van der Waals surface area contributed by atoms with E-state index in [1.165, 1.54) is 0 Å². The maximum atomic E-state index is 9.41. The molecule has 0 bridgehead atoms. The average Bonchev–Trinajstić information content (AvgIpc) is 2.52. The minimum absolute atomic E-state index is 0.171. The molecule has 0 saturated carbocycles. The Kier molecular flexibility index (Phi) is 5.11. The summed E-state index contributed by atoms with van der Waals surface area (Å²) in [6, 6.07) is 7.64. The molecular weight excluding hydrogens is 268 g/mol. The predicted octanol–water partition coefficient (Wildman–Crippen LogP) is 2.68. The third-order valence-corrected chi connectivity index (χ3v) is 3.04.